The Kier molecular flexibility index (Phi) is 8.42. The van der Waals surface area contributed by atoms with E-state index in [-0.39, 0.29) is 5.41 Å². The molecule has 0 radical (unpaired) electrons. The molecule has 0 bridgehead atoms. The molecule has 0 fully saturated rings. The molecule has 0 aliphatic carbocycles. The van der Waals surface area contributed by atoms with E-state index in [1.807, 2.05) is 24.3 Å². The highest BCUT2D eigenvalue weighted by molar-refractivity contribution is 6.17. The van der Waals surface area contributed by atoms with Crippen LogP contribution in [-0.2, 0) is 10.2 Å². The van der Waals surface area contributed by atoms with E-state index in [9.17, 15) is 0 Å². The van der Waals surface area contributed by atoms with Gasteiger partial charge in [0.25, 0.3) is 0 Å². The zero-order valence-corrected chi connectivity index (χ0v) is 17.0. The quantitative estimate of drug-likeness (QED) is 0.340. The molecule has 2 rings (SSSR count). The zero-order chi connectivity index (χ0) is 19.7. The van der Waals surface area contributed by atoms with Crippen LogP contribution in [0, 0.1) is 0 Å². The summed E-state index contributed by atoms with van der Waals surface area (Å²) in [5.74, 6) is 2.26. The molecule has 0 heterocycles. The average molecular weight is 393 g/mol. The first-order chi connectivity index (χ1) is 12.9. The van der Waals surface area contributed by atoms with E-state index in [2.05, 4.69) is 38.1 Å². The van der Waals surface area contributed by atoms with Crippen molar-refractivity contribution >= 4 is 11.6 Å². The SMILES string of the molecule is CC(O)OCCOc1ccc(C(C)(C)c2ccc(OCCCCl)cc2)cc1. The van der Waals surface area contributed by atoms with Crippen LogP contribution in [0.15, 0.2) is 48.5 Å². The minimum Gasteiger partial charge on any atom is -0.494 e. The normalized spacial score (nSPS) is 12.6. The number of alkyl halides is 1. The largest absolute Gasteiger partial charge is 0.494 e. The Balaban J connectivity index is 1.96. The van der Waals surface area contributed by atoms with Gasteiger partial charge in [0.1, 0.15) is 18.1 Å². The number of ether oxygens (including phenoxy) is 3. The van der Waals surface area contributed by atoms with Crippen LogP contribution in [0.5, 0.6) is 11.5 Å². The number of hydrogen-bond acceptors (Lipinski definition) is 4. The Hall–Kier alpha value is -1.75. The van der Waals surface area contributed by atoms with Crippen molar-refractivity contribution in [3.63, 3.8) is 0 Å². The van der Waals surface area contributed by atoms with Crippen molar-refractivity contribution in [1.82, 2.24) is 0 Å². The van der Waals surface area contributed by atoms with Crippen LogP contribution < -0.4 is 9.47 Å². The molecule has 1 atom stereocenters. The summed E-state index contributed by atoms with van der Waals surface area (Å²) in [6.45, 7) is 7.36. The predicted molar refractivity (Wildman–Crippen MR) is 109 cm³/mol. The highest BCUT2D eigenvalue weighted by atomic mass is 35.5. The van der Waals surface area contributed by atoms with E-state index in [1.165, 1.54) is 11.1 Å². The Morgan fingerprint density at radius 2 is 1.33 bits per heavy atom. The Morgan fingerprint density at radius 3 is 1.78 bits per heavy atom. The fourth-order valence-corrected chi connectivity index (χ4v) is 2.83. The Morgan fingerprint density at radius 1 is 0.852 bits per heavy atom. The summed E-state index contributed by atoms with van der Waals surface area (Å²) < 4.78 is 16.4. The molecule has 0 aliphatic heterocycles. The van der Waals surface area contributed by atoms with E-state index in [0.717, 1.165) is 17.9 Å². The van der Waals surface area contributed by atoms with Crippen molar-refractivity contribution in [2.45, 2.75) is 38.9 Å². The summed E-state index contributed by atoms with van der Waals surface area (Å²) in [7, 11) is 0. The zero-order valence-electron chi connectivity index (χ0n) is 16.3. The van der Waals surface area contributed by atoms with Crippen LogP contribution in [0.1, 0.15) is 38.3 Å². The molecule has 2 aromatic carbocycles. The second-order valence-electron chi connectivity index (χ2n) is 6.88. The molecule has 2 aromatic rings. The molecule has 0 aliphatic rings. The molecule has 0 spiro atoms. The van der Waals surface area contributed by atoms with Crippen molar-refractivity contribution in [1.29, 1.82) is 0 Å². The van der Waals surface area contributed by atoms with E-state index < -0.39 is 6.29 Å². The predicted octanol–water partition coefficient (Wildman–Crippen LogP) is 4.75. The number of rotatable bonds is 11. The van der Waals surface area contributed by atoms with Crippen LogP contribution in [0.2, 0.25) is 0 Å². The van der Waals surface area contributed by atoms with Gasteiger partial charge in [0.2, 0.25) is 0 Å². The standard InChI is InChI=1S/C22H29ClO4/c1-17(24)25-15-16-27-21-11-7-19(8-12-21)22(2,3)18-5-9-20(10-6-18)26-14-4-13-23/h5-12,17,24H,4,13-16H2,1-3H3. The molecular formula is C22H29ClO4. The van der Waals surface area contributed by atoms with Crippen LogP contribution in [0.25, 0.3) is 0 Å². The van der Waals surface area contributed by atoms with Gasteiger partial charge in [-0.05, 0) is 48.7 Å². The molecule has 0 saturated heterocycles. The summed E-state index contributed by atoms with van der Waals surface area (Å²) in [5, 5.41) is 9.06. The van der Waals surface area contributed by atoms with Crippen LogP contribution >= 0.6 is 11.6 Å². The third-order valence-corrected chi connectivity index (χ3v) is 4.68. The van der Waals surface area contributed by atoms with Crippen molar-refractivity contribution in [3.05, 3.63) is 59.7 Å². The first kappa shape index (κ1) is 21.5. The summed E-state index contributed by atoms with van der Waals surface area (Å²) in [5.41, 5.74) is 2.28. The van der Waals surface area contributed by atoms with E-state index in [1.54, 1.807) is 6.92 Å². The van der Waals surface area contributed by atoms with Gasteiger partial charge >= 0.3 is 0 Å². The second-order valence-corrected chi connectivity index (χ2v) is 7.26. The van der Waals surface area contributed by atoms with Crippen molar-refractivity contribution < 1.29 is 19.3 Å². The second kappa shape index (κ2) is 10.5. The van der Waals surface area contributed by atoms with Crippen LogP contribution in [-0.4, -0.2) is 37.1 Å². The number of benzene rings is 2. The molecule has 1 unspecified atom stereocenters. The monoisotopic (exact) mass is 392 g/mol. The summed E-state index contributed by atoms with van der Waals surface area (Å²) in [6, 6.07) is 16.3. The van der Waals surface area contributed by atoms with E-state index >= 15 is 0 Å². The van der Waals surface area contributed by atoms with Gasteiger partial charge in [0.05, 0.1) is 13.2 Å². The van der Waals surface area contributed by atoms with E-state index in [4.69, 9.17) is 30.9 Å². The number of halogens is 1. The van der Waals surface area contributed by atoms with Crippen LogP contribution in [0.4, 0.5) is 0 Å². The smallest absolute Gasteiger partial charge is 0.151 e. The molecule has 4 nitrogen and oxygen atoms in total. The van der Waals surface area contributed by atoms with Gasteiger partial charge < -0.3 is 19.3 Å². The Labute approximate surface area is 167 Å². The molecule has 1 N–H and O–H groups in total. The number of aliphatic hydroxyl groups excluding tert-OH is 1. The molecule has 0 saturated carbocycles. The minimum absolute atomic E-state index is 0.136. The fraction of sp³-hybridized carbons (Fsp3) is 0.455. The third kappa shape index (κ3) is 6.73. The number of aliphatic hydroxyl groups is 1. The highest BCUT2D eigenvalue weighted by Gasteiger charge is 2.23. The van der Waals surface area contributed by atoms with Gasteiger partial charge in [-0.2, -0.15) is 0 Å². The molecule has 5 heteroatoms. The average Bonchev–Trinajstić information content (AvgIpc) is 2.66. The minimum atomic E-state index is -0.770. The third-order valence-electron chi connectivity index (χ3n) is 4.41. The molecular weight excluding hydrogens is 364 g/mol. The Bertz CT molecular complexity index is 666. The van der Waals surface area contributed by atoms with Gasteiger partial charge in [-0.25, -0.2) is 0 Å². The lowest BCUT2D eigenvalue weighted by Gasteiger charge is -2.26. The van der Waals surface area contributed by atoms with Gasteiger partial charge in [-0.3, -0.25) is 0 Å². The lowest BCUT2D eigenvalue weighted by molar-refractivity contribution is -0.0913. The maximum Gasteiger partial charge on any atom is 0.151 e. The summed E-state index contributed by atoms with van der Waals surface area (Å²) in [6.07, 6.45) is 0.0721. The maximum atomic E-state index is 9.06. The van der Waals surface area contributed by atoms with Crippen molar-refractivity contribution in [2.24, 2.45) is 0 Å². The summed E-state index contributed by atoms with van der Waals surface area (Å²) in [4.78, 5) is 0. The molecule has 148 valence electrons. The van der Waals surface area contributed by atoms with Crippen molar-refractivity contribution in [3.8, 4) is 11.5 Å². The molecule has 27 heavy (non-hydrogen) atoms. The molecule has 0 amide bonds. The molecule has 0 aromatic heterocycles. The van der Waals surface area contributed by atoms with Crippen molar-refractivity contribution in [2.75, 3.05) is 25.7 Å². The highest BCUT2D eigenvalue weighted by Crippen LogP contribution is 2.33. The first-order valence-electron chi connectivity index (χ1n) is 9.26. The number of hydrogen-bond donors (Lipinski definition) is 1. The van der Waals surface area contributed by atoms with Gasteiger partial charge in [0.15, 0.2) is 6.29 Å². The van der Waals surface area contributed by atoms with E-state index in [0.29, 0.717) is 25.7 Å². The van der Waals surface area contributed by atoms with Gasteiger partial charge in [-0.15, -0.1) is 11.6 Å². The van der Waals surface area contributed by atoms with Crippen LogP contribution in [0.3, 0.4) is 0 Å². The van der Waals surface area contributed by atoms with Gasteiger partial charge in [0, 0.05) is 11.3 Å². The summed E-state index contributed by atoms with van der Waals surface area (Å²) >= 11 is 5.67. The van der Waals surface area contributed by atoms with Gasteiger partial charge in [-0.1, -0.05) is 38.1 Å². The lowest BCUT2D eigenvalue weighted by Crippen LogP contribution is -2.18. The maximum absolute atomic E-state index is 9.06. The fourth-order valence-electron chi connectivity index (χ4n) is 2.73. The first-order valence-corrected chi connectivity index (χ1v) is 9.79. The lowest BCUT2D eigenvalue weighted by atomic mass is 9.78. The topological polar surface area (TPSA) is 47.9 Å².